The van der Waals surface area contributed by atoms with Gasteiger partial charge in [0.05, 0.1) is 0 Å². The van der Waals surface area contributed by atoms with E-state index < -0.39 is 0 Å². The van der Waals surface area contributed by atoms with Crippen LogP contribution in [0.25, 0.3) is 0 Å². The average Bonchev–Trinajstić information content (AvgIpc) is 2.28. The van der Waals surface area contributed by atoms with E-state index >= 15 is 0 Å². The Labute approximate surface area is 120 Å². The molecule has 0 saturated heterocycles. The Hall–Kier alpha value is -0.380. The molecule has 0 fully saturated rings. The van der Waals surface area contributed by atoms with Crippen LogP contribution in [0.2, 0.25) is 0 Å². The molecule has 0 aromatic heterocycles. The van der Waals surface area contributed by atoms with Crippen molar-refractivity contribution >= 4 is 15.9 Å². The van der Waals surface area contributed by atoms with Gasteiger partial charge in [0.25, 0.3) is 0 Å². The maximum absolute atomic E-state index is 6.18. The molecule has 0 radical (unpaired) electrons. The van der Waals surface area contributed by atoms with Gasteiger partial charge >= 0.3 is 0 Å². The zero-order chi connectivity index (χ0) is 13.8. The van der Waals surface area contributed by atoms with Crippen LogP contribution in [0.3, 0.4) is 0 Å². The smallest absolute Gasteiger partial charge is 0.0230 e. The second-order valence-electron chi connectivity index (χ2n) is 6.13. The molecule has 0 saturated carbocycles. The molecule has 0 heterocycles. The predicted octanol–water partition coefficient (Wildman–Crippen LogP) is 3.64. The first-order valence-corrected chi connectivity index (χ1v) is 7.27. The Balaban J connectivity index is 2.38. The predicted molar refractivity (Wildman–Crippen MR) is 82.5 cm³/mol. The molecular weight excluding hydrogens is 288 g/mol. The zero-order valence-electron chi connectivity index (χ0n) is 11.9. The molecule has 0 aliphatic carbocycles. The Kier molecular flexibility index (Phi) is 5.83. The molecule has 102 valence electrons. The van der Waals surface area contributed by atoms with Crippen LogP contribution in [0.1, 0.15) is 32.8 Å². The SMILES string of the molecule is CN(CCC(N)C(C)(C)C)Cc1ccc(Br)cc1. The lowest BCUT2D eigenvalue weighted by molar-refractivity contribution is 0.251. The molecule has 0 aliphatic rings. The van der Waals surface area contributed by atoms with E-state index in [9.17, 15) is 0 Å². The van der Waals surface area contributed by atoms with Gasteiger partial charge in [0.2, 0.25) is 0 Å². The van der Waals surface area contributed by atoms with Gasteiger partial charge in [-0.05, 0) is 43.1 Å². The van der Waals surface area contributed by atoms with E-state index in [-0.39, 0.29) is 11.5 Å². The Morgan fingerprint density at radius 1 is 1.22 bits per heavy atom. The summed E-state index contributed by atoms with van der Waals surface area (Å²) in [7, 11) is 2.15. The van der Waals surface area contributed by atoms with Crippen LogP contribution < -0.4 is 5.73 Å². The molecule has 3 heteroatoms. The van der Waals surface area contributed by atoms with Crippen LogP contribution in [0.15, 0.2) is 28.7 Å². The van der Waals surface area contributed by atoms with Crippen molar-refractivity contribution in [2.75, 3.05) is 13.6 Å². The van der Waals surface area contributed by atoms with Crippen LogP contribution in [-0.2, 0) is 6.54 Å². The fourth-order valence-electron chi connectivity index (χ4n) is 1.77. The van der Waals surface area contributed by atoms with E-state index in [2.05, 4.69) is 72.9 Å². The third kappa shape index (κ3) is 5.51. The molecule has 2 N–H and O–H groups in total. The van der Waals surface area contributed by atoms with E-state index in [1.165, 1.54) is 5.56 Å². The second kappa shape index (κ2) is 6.69. The molecule has 1 atom stereocenters. The van der Waals surface area contributed by atoms with Gasteiger partial charge in [-0.15, -0.1) is 0 Å². The molecule has 1 aromatic carbocycles. The third-order valence-electron chi connectivity index (χ3n) is 3.30. The average molecular weight is 313 g/mol. The van der Waals surface area contributed by atoms with Gasteiger partial charge in [-0.2, -0.15) is 0 Å². The number of hydrogen-bond donors (Lipinski definition) is 1. The molecule has 1 rings (SSSR count). The highest BCUT2D eigenvalue weighted by Gasteiger charge is 2.20. The molecule has 18 heavy (non-hydrogen) atoms. The van der Waals surface area contributed by atoms with Crippen LogP contribution in [0.5, 0.6) is 0 Å². The zero-order valence-corrected chi connectivity index (χ0v) is 13.5. The standard InChI is InChI=1S/C15H25BrN2/c1-15(2,3)14(17)9-10-18(4)11-12-5-7-13(16)8-6-12/h5-8,14H,9-11,17H2,1-4H3. The summed E-state index contributed by atoms with van der Waals surface area (Å²) in [5.74, 6) is 0. The first kappa shape index (κ1) is 15.7. The summed E-state index contributed by atoms with van der Waals surface area (Å²) in [6.07, 6.45) is 1.04. The normalized spacial score (nSPS) is 13.9. The first-order chi connectivity index (χ1) is 8.29. The van der Waals surface area contributed by atoms with Gasteiger partial charge in [-0.25, -0.2) is 0 Å². The maximum Gasteiger partial charge on any atom is 0.0230 e. The second-order valence-corrected chi connectivity index (χ2v) is 7.04. The quantitative estimate of drug-likeness (QED) is 0.899. The lowest BCUT2D eigenvalue weighted by atomic mass is 9.85. The number of benzene rings is 1. The monoisotopic (exact) mass is 312 g/mol. The van der Waals surface area contributed by atoms with E-state index in [1.54, 1.807) is 0 Å². The van der Waals surface area contributed by atoms with Crippen molar-refractivity contribution in [3.8, 4) is 0 Å². The Morgan fingerprint density at radius 3 is 2.28 bits per heavy atom. The van der Waals surface area contributed by atoms with Gasteiger partial charge < -0.3 is 10.6 Å². The fraction of sp³-hybridized carbons (Fsp3) is 0.600. The van der Waals surface area contributed by atoms with E-state index in [0.29, 0.717) is 0 Å². The Morgan fingerprint density at radius 2 is 1.78 bits per heavy atom. The van der Waals surface area contributed by atoms with Gasteiger partial charge in [-0.3, -0.25) is 0 Å². The Bertz CT molecular complexity index is 354. The summed E-state index contributed by atoms with van der Waals surface area (Å²) in [6.45, 7) is 8.61. The van der Waals surface area contributed by atoms with Gasteiger partial charge in [0.15, 0.2) is 0 Å². The molecular formula is C15H25BrN2. The van der Waals surface area contributed by atoms with Crippen molar-refractivity contribution < 1.29 is 0 Å². The molecule has 0 spiro atoms. The van der Waals surface area contributed by atoms with Crippen LogP contribution >= 0.6 is 15.9 Å². The highest BCUT2D eigenvalue weighted by molar-refractivity contribution is 9.10. The summed E-state index contributed by atoms with van der Waals surface area (Å²) >= 11 is 3.45. The third-order valence-corrected chi connectivity index (χ3v) is 3.83. The summed E-state index contributed by atoms with van der Waals surface area (Å²) in [4.78, 5) is 2.33. The van der Waals surface area contributed by atoms with E-state index in [4.69, 9.17) is 5.73 Å². The molecule has 1 unspecified atom stereocenters. The highest BCUT2D eigenvalue weighted by atomic mass is 79.9. The largest absolute Gasteiger partial charge is 0.327 e. The van der Waals surface area contributed by atoms with E-state index in [0.717, 1.165) is 24.0 Å². The van der Waals surface area contributed by atoms with Crippen molar-refractivity contribution in [1.82, 2.24) is 4.90 Å². The molecule has 2 nitrogen and oxygen atoms in total. The van der Waals surface area contributed by atoms with Crippen LogP contribution in [0.4, 0.5) is 0 Å². The fourth-order valence-corrected chi connectivity index (χ4v) is 2.04. The van der Waals surface area contributed by atoms with E-state index in [1.807, 2.05) is 0 Å². The number of nitrogens with two attached hydrogens (primary N) is 1. The minimum absolute atomic E-state index is 0.193. The van der Waals surface area contributed by atoms with Crippen molar-refractivity contribution in [2.24, 2.45) is 11.1 Å². The number of nitrogens with zero attached hydrogens (tertiary/aromatic N) is 1. The molecule has 0 amide bonds. The van der Waals surface area contributed by atoms with Crippen LogP contribution in [0, 0.1) is 5.41 Å². The van der Waals surface area contributed by atoms with Crippen LogP contribution in [-0.4, -0.2) is 24.5 Å². The number of rotatable bonds is 5. The van der Waals surface area contributed by atoms with Crippen molar-refractivity contribution in [3.05, 3.63) is 34.3 Å². The lowest BCUT2D eigenvalue weighted by Gasteiger charge is -2.28. The molecule has 0 aliphatic heterocycles. The van der Waals surface area contributed by atoms with Crippen molar-refractivity contribution in [3.63, 3.8) is 0 Å². The van der Waals surface area contributed by atoms with Crippen molar-refractivity contribution in [1.29, 1.82) is 0 Å². The highest BCUT2D eigenvalue weighted by Crippen LogP contribution is 2.20. The molecule has 0 bridgehead atoms. The van der Waals surface area contributed by atoms with Crippen molar-refractivity contribution in [2.45, 2.75) is 39.8 Å². The molecule has 1 aromatic rings. The van der Waals surface area contributed by atoms with Gasteiger partial charge in [0, 0.05) is 17.1 Å². The number of hydrogen-bond acceptors (Lipinski definition) is 2. The minimum atomic E-state index is 0.193. The lowest BCUT2D eigenvalue weighted by Crippen LogP contribution is -2.37. The minimum Gasteiger partial charge on any atom is -0.327 e. The van der Waals surface area contributed by atoms with Gasteiger partial charge in [0.1, 0.15) is 0 Å². The topological polar surface area (TPSA) is 29.3 Å². The van der Waals surface area contributed by atoms with Gasteiger partial charge in [-0.1, -0.05) is 48.8 Å². The first-order valence-electron chi connectivity index (χ1n) is 6.47. The summed E-state index contributed by atoms with van der Waals surface area (Å²) in [5, 5.41) is 0. The summed E-state index contributed by atoms with van der Waals surface area (Å²) < 4.78 is 1.13. The summed E-state index contributed by atoms with van der Waals surface area (Å²) in [6, 6.07) is 8.74. The number of halogens is 1. The summed E-state index contributed by atoms with van der Waals surface area (Å²) in [5.41, 5.74) is 7.71. The maximum atomic E-state index is 6.18.